The van der Waals surface area contributed by atoms with Crippen LogP contribution >= 0.6 is 0 Å². The van der Waals surface area contributed by atoms with E-state index in [-0.39, 0.29) is 6.61 Å². The van der Waals surface area contributed by atoms with Gasteiger partial charge in [0.1, 0.15) is 17.2 Å². The Morgan fingerprint density at radius 3 is 1.24 bits per heavy atom. The van der Waals surface area contributed by atoms with Crippen LogP contribution in [0, 0.1) is 0 Å². The lowest BCUT2D eigenvalue weighted by atomic mass is 10.1. The van der Waals surface area contributed by atoms with Gasteiger partial charge >= 0.3 is 11.9 Å². The van der Waals surface area contributed by atoms with E-state index in [1.54, 1.807) is 0 Å². The SMILES string of the molecule is O=C1C=C=CC(=O)OCCCCCCCCCCCCOc2cc(OCCCO)cc(c2)OCCCCCCCCCCCCO1. The molecule has 0 spiro atoms. The molecule has 1 aliphatic rings. The monoisotopic (exact) mass is 644 g/mol. The Labute approximate surface area is 277 Å². The van der Waals surface area contributed by atoms with E-state index < -0.39 is 11.9 Å². The van der Waals surface area contributed by atoms with Gasteiger partial charge in [0.25, 0.3) is 0 Å². The van der Waals surface area contributed by atoms with Crippen molar-refractivity contribution in [2.45, 2.75) is 135 Å². The van der Waals surface area contributed by atoms with Gasteiger partial charge in [-0.25, -0.2) is 9.59 Å². The Hall–Kier alpha value is -2.96. The summed E-state index contributed by atoms with van der Waals surface area (Å²) in [7, 11) is 0. The molecule has 0 saturated carbocycles. The minimum atomic E-state index is -0.479. The van der Waals surface area contributed by atoms with Crippen molar-refractivity contribution in [2.75, 3.05) is 39.6 Å². The van der Waals surface area contributed by atoms with E-state index in [1.807, 2.05) is 18.2 Å². The van der Waals surface area contributed by atoms with Crippen molar-refractivity contribution in [3.8, 4) is 17.2 Å². The molecule has 2 rings (SSSR count). The predicted octanol–water partition coefficient (Wildman–Crippen LogP) is 8.82. The molecule has 1 aliphatic heterocycles. The summed E-state index contributed by atoms with van der Waals surface area (Å²) in [5, 5.41) is 9.11. The molecule has 260 valence electrons. The lowest BCUT2D eigenvalue weighted by molar-refractivity contribution is -0.138. The van der Waals surface area contributed by atoms with Gasteiger partial charge in [0.05, 0.1) is 45.2 Å². The molecule has 46 heavy (non-hydrogen) atoms. The van der Waals surface area contributed by atoms with E-state index in [0.29, 0.717) is 45.2 Å². The number of aliphatic hydroxyl groups excluding tert-OH is 1. The number of benzene rings is 1. The number of ether oxygens (including phenoxy) is 5. The van der Waals surface area contributed by atoms with Gasteiger partial charge in [-0.3, -0.25) is 0 Å². The first-order chi connectivity index (χ1) is 22.7. The molecule has 1 N–H and O–H groups in total. The van der Waals surface area contributed by atoms with E-state index in [1.165, 1.54) is 64.2 Å². The summed E-state index contributed by atoms with van der Waals surface area (Å²) in [6.45, 7) is 2.68. The van der Waals surface area contributed by atoms with Crippen molar-refractivity contribution in [1.82, 2.24) is 0 Å². The summed E-state index contributed by atoms with van der Waals surface area (Å²) in [4.78, 5) is 23.6. The van der Waals surface area contributed by atoms with Gasteiger partial charge < -0.3 is 28.8 Å². The maximum Gasteiger partial charge on any atom is 0.338 e. The van der Waals surface area contributed by atoms with Crippen LogP contribution in [-0.4, -0.2) is 56.7 Å². The number of aliphatic hydroxyl groups is 1. The van der Waals surface area contributed by atoms with Gasteiger partial charge in [-0.15, -0.1) is 5.73 Å². The van der Waals surface area contributed by atoms with E-state index in [2.05, 4.69) is 5.73 Å². The molecule has 0 amide bonds. The predicted molar refractivity (Wildman–Crippen MR) is 182 cm³/mol. The summed E-state index contributed by atoms with van der Waals surface area (Å²) >= 11 is 0. The first kappa shape index (κ1) is 39.2. The van der Waals surface area contributed by atoms with Gasteiger partial charge in [0.15, 0.2) is 0 Å². The second-order valence-electron chi connectivity index (χ2n) is 12.1. The van der Waals surface area contributed by atoms with Gasteiger partial charge in [-0.05, 0) is 25.7 Å². The number of carbonyl (C=O) groups is 2. The van der Waals surface area contributed by atoms with Crippen LogP contribution in [0.25, 0.3) is 0 Å². The van der Waals surface area contributed by atoms with Gasteiger partial charge in [-0.1, -0.05) is 103 Å². The summed E-state index contributed by atoms with van der Waals surface area (Å²) in [6.07, 6.45) is 25.5. The number of esters is 2. The minimum Gasteiger partial charge on any atom is -0.493 e. The van der Waals surface area contributed by atoms with Crippen LogP contribution in [-0.2, 0) is 19.1 Å². The Morgan fingerprint density at radius 1 is 0.522 bits per heavy atom. The highest BCUT2D eigenvalue weighted by Crippen LogP contribution is 2.28. The average molecular weight is 645 g/mol. The smallest absolute Gasteiger partial charge is 0.338 e. The summed E-state index contributed by atoms with van der Waals surface area (Å²) < 4.78 is 28.4. The molecular formula is C38H60O8. The van der Waals surface area contributed by atoms with Crippen LogP contribution in [0.4, 0.5) is 0 Å². The second-order valence-corrected chi connectivity index (χ2v) is 12.1. The first-order valence-corrected chi connectivity index (χ1v) is 18.1. The fraction of sp³-hybridized carbons (Fsp3) is 0.711. The third-order valence-corrected chi connectivity index (χ3v) is 7.93. The van der Waals surface area contributed by atoms with Gasteiger partial charge in [0, 0.05) is 31.2 Å². The molecule has 0 radical (unpaired) electrons. The van der Waals surface area contributed by atoms with Crippen molar-refractivity contribution >= 4 is 11.9 Å². The molecule has 1 heterocycles. The van der Waals surface area contributed by atoms with Crippen LogP contribution in [0.1, 0.15) is 135 Å². The fourth-order valence-corrected chi connectivity index (χ4v) is 5.27. The highest BCUT2D eigenvalue weighted by molar-refractivity contribution is 5.85. The molecule has 8 heteroatoms. The van der Waals surface area contributed by atoms with Crippen molar-refractivity contribution in [2.24, 2.45) is 0 Å². The van der Waals surface area contributed by atoms with E-state index in [0.717, 1.165) is 87.9 Å². The Bertz CT molecular complexity index is 919. The lowest BCUT2D eigenvalue weighted by Gasteiger charge is -2.13. The number of fused-ring (bicyclic) bond motifs is 2. The van der Waals surface area contributed by atoms with Gasteiger partial charge in [-0.2, -0.15) is 0 Å². The van der Waals surface area contributed by atoms with Crippen LogP contribution in [0.2, 0.25) is 0 Å². The zero-order valence-electron chi connectivity index (χ0n) is 28.3. The largest absolute Gasteiger partial charge is 0.493 e. The number of hydrogen-bond donors (Lipinski definition) is 1. The van der Waals surface area contributed by atoms with E-state index in [9.17, 15) is 9.59 Å². The molecular weight excluding hydrogens is 584 g/mol. The standard InChI is InChI=1S/C38H60O8/c39-25-22-30-44-36-32-34-31-35(33-36)43-27-18-14-10-6-2-4-8-12-16-20-29-46-38(41)24-21-23-37(40)45-28-19-15-11-7-3-1-5-9-13-17-26-42-34/h23-24,31-33,39H,1-20,22,25-30H2. The zero-order valence-corrected chi connectivity index (χ0v) is 28.3. The number of cyclic esters (lactones) is 2. The number of rotatable bonds is 4. The number of carbonyl (C=O) groups excluding carboxylic acids is 2. The molecule has 0 aliphatic carbocycles. The molecule has 1 aromatic carbocycles. The maximum atomic E-state index is 11.8. The average Bonchev–Trinajstić information content (AvgIpc) is 3.04. The first-order valence-electron chi connectivity index (χ1n) is 18.1. The second kappa shape index (κ2) is 28.3. The fourth-order valence-electron chi connectivity index (χ4n) is 5.27. The molecule has 0 saturated heterocycles. The van der Waals surface area contributed by atoms with Crippen molar-refractivity contribution in [1.29, 1.82) is 0 Å². The Morgan fingerprint density at radius 2 is 0.870 bits per heavy atom. The Kier molecular flexibility index (Phi) is 24.1. The highest BCUT2D eigenvalue weighted by atomic mass is 16.5. The lowest BCUT2D eigenvalue weighted by Crippen LogP contribution is -2.03. The van der Waals surface area contributed by atoms with Crippen molar-refractivity contribution in [3.05, 3.63) is 36.1 Å². The quantitative estimate of drug-likeness (QED) is 0.197. The normalized spacial score (nSPS) is 19.2. The summed E-state index contributed by atoms with van der Waals surface area (Å²) in [5.74, 6) is 1.29. The molecule has 0 unspecified atom stereocenters. The zero-order chi connectivity index (χ0) is 32.8. The van der Waals surface area contributed by atoms with E-state index in [4.69, 9.17) is 28.8 Å². The topological polar surface area (TPSA) is 101 Å². The molecule has 2 bridgehead atoms. The molecule has 8 nitrogen and oxygen atoms in total. The van der Waals surface area contributed by atoms with Crippen LogP contribution in [0.5, 0.6) is 17.2 Å². The summed E-state index contributed by atoms with van der Waals surface area (Å²) in [6, 6.07) is 5.78. The molecule has 0 aromatic heterocycles. The van der Waals surface area contributed by atoms with Crippen LogP contribution in [0.3, 0.4) is 0 Å². The number of hydrogen-bond acceptors (Lipinski definition) is 8. The Balaban J connectivity index is 1.76. The summed E-state index contributed by atoms with van der Waals surface area (Å²) in [5.41, 5.74) is 2.57. The van der Waals surface area contributed by atoms with Gasteiger partial charge in [0.2, 0.25) is 0 Å². The van der Waals surface area contributed by atoms with Crippen molar-refractivity contribution in [3.63, 3.8) is 0 Å². The third-order valence-electron chi connectivity index (χ3n) is 7.93. The molecule has 0 fully saturated rings. The van der Waals surface area contributed by atoms with Crippen LogP contribution in [0.15, 0.2) is 36.1 Å². The highest BCUT2D eigenvalue weighted by Gasteiger charge is 2.06. The maximum absolute atomic E-state index is 11.8. The van der Waals surface area contributed by atoms with Crippen molar-refractivity contribution < 1.29 is 38.4 Å². The molecule has 0 atom stereocenters. The molecule has 1 aromatic rings. The minimum absolute atomic E-state index is 0.104. The van der Waals surface area contributed by atoms with Crippen LogP contribution < -0.4 is 14.2 Å². The van der Waals surface area contributed by atoms with E-state index >= 15 is 0 Å². The third kappa shape index (κ3) is 22.5.